The second-order valence-corrected chi connectivity index (χ2v) is 12.0. The number of anilines is 2. The lowest BCUT2D eigenvalue weighted by molar-refractivity contribution is -0.122. The fourth-order valence-corrected chi connectivity index (χ4v) is 6.25. The summed E-state index contributed by atoms with van der Waals surface area (Å²) in [6.45, 7) is 11.6. The summed E-state index contributed by atoms with van der Waals surface area (Å²) in [7, 11) is 0. The van der Waals surface area contributed by atoms with Crippen LogP contribution in [0.4, 0.5) is 15.9 Å². The van der Waals surface area contributed by atoms with Crippen LogP contribution in [0.3, 0.4) is 0 Å². The van der Waals surface area contributed by atoms with Crippen LogP contribution >= 0.6 is 24.0 Å². The molecule has 1 amide bonds. The summed E-state index contributed by atoms with van der Waals surface area (Å²) in [4.78, 5) is 33.4. The van der Waals surface area contributed by atoms with E-state index in [-0.39, 0.29) is 28.8 Å². The molecule has 4 rings (SSSR count). The number of thioether (sulfide) groups is 1. The molecule has 7 nitrogen and oxygen atoms in total. The summed E-state index contributed by atoms with van der Waals surface area (Å²) in [5, 5.41) is 9.92. The van der Waals surface area contributed by atoms with Crippen LogP contribution in [0.25, 0.3) is 6.08 Å². The third-order valence-corrected chi connectivity index (χ3v) is 8.43. The maximum absolute atomic E-state index is 13.5. The van der Waals surface area contributed by atoms with Gasteiger partial charge in [0.2, 0.25) is 0 Å². The largest absolute Gasteiger partial charge is 0.368 e. The van der Waals surface area contributed by atoms with Crippen molar-refractivity contribution in [2.45, 2.75) is 47.1 Å². The molecule has 0 unspecified atom stereocenters. The highest BCUT2D eigenvalue weighted by atomic mass is 32.2. The van der Waals surface area contributed by atoms with Gasteiger partial charge >= 0.3 is 0 Å². The number of nitrogens with zero attached hydrogens (tertiary/aromatic N) is 5. The van der Waals surface area contributed by atoms with Crippen LogP contribution in [0.15, 0.2) is 34.0 Å². The number of benzene rings is 1. The smallest absolute Gasteiger partial charge is 0.270 e. The highest BCUT2D eigenvalue weighted by molar-refractivity contribution is 8.26. The maximum Gasteiger partial charge on any atom is 0.270 e. The minimum atomic E-state index is -0.302. The molecule has 2 fully saturated rings. The van der Waals surface area contributed by atoms with Gasteiger partial charge in [0.05, 0.1) is 4.91 Å². The maximum atomic E-state index is 13.5. The molecule has 2 aliphatic heterocycles. The number of piperazine rings is 1. The standard InChI is InChI=1S/C29H34FN5O2S2/c1-5-6-11-34-26(33-14-12-32(13-15-33)22-9-7-21(30)8-10-22)23(20(4)24(17-31)27(34)36)16-25-28(37)35(18-19(2)3)29(38)39-25/h7-10,16,19H,5-6,11-15,18H2,1-4H3. The second kappa shape index (κ2) is 12.3. The number of unbranched alkanes of at least 4 members (excludes halogenated alkanes) is 1. The number of pyridine rings is 1. The molecule has 1 aromatic heterocycles. The molecule has 0 aliphatic carbocycles. The molecule has 39 heavy (non-hydrogen) atoms. The number of carbonyl (C=O) groups is 1. The molecule has 2 aromatic rings. The van der Waals surface area contributed by atoms with Crippen LogP contribution in [0, 0.1) is 30.0 Å². The molecule has 0 atom stereocenters. The van der Waals surface area contributed by atoms with E-state index in [2.05, 4.69) is 22.8 Å². The lowest BCUT2D eigenvalue weighted by Gasteiger charge is -2.39. The third-order valence-electron chi connectivity index (χ3n) is 7.05. The molecule has 1 aromatic carbocycles. The van der Waals surface area contributed by atoms with E-state index >= 15 is 0 Å². The first-order chi connectivity index (χ1) is 18.7. The topological polar surface area (TPSA) is 72.6 Å². The lowest BCUT2D eigenvalue weighted by Crippen LogP contribution is -2.48. The fourth-order valence-electron chi connectivity index (χ4n) is 4.99. The molecule has 0 bridgehead atoms. The van der Waals surface area contributed by atoms with Crippen LogP contribution in [0.2, 0.25) is 0 Å². The summed E-state index contributed by atoms with van der Waals surface area (Å²) >= 11 is 6.78. The first kappa shape index (κ1) is 28.8. The van der Waals surface area contributed by atoms with Gasteiger partial charge in [-0.3, -0.25) is 19.1 Å². The fraction of sp³-hybridized carbons (Fsp3) is 0.448. The van der Waals surface area contributed by atoms with E-state index in [9.17, 15) is 19.2 Å². The van der Waals surface area contributed by atoms with E-state index in [1.54, 1.807) is 28.5 Å². The summed E-state index contributed by atoms with van der Waals surface area (Å²) < 4.78 is 15.7. The Kier molecular flexibility index (Phi) is 9.13. The normalized spacial score (nSPS) is 17.1. The number of aromatic nitrogens is 1. The minimum Gasteiger partial charge on any atom is -0.368 e. The zero-order chi connectivity index (χ0) is 28.3. The van der Waals surface area contributed by atoms with E-state index in [1.807, 2.05) is 19.9 Å². The number of carbonyl (C=O) groups excluding carboxylic acids is 1. The average molecular weight is 568 g/mol. The Hall–Kier alpha value is -3.16. The highest BCUT2D eigenvalue weighted by Crippen LogP contribution is 2.36. The van der Waals surface area contributed by atoms with Crippen molar-refractivity contribution < 1.29 is 9.18 Å². The minimum absolute atomic E-state index is 0.101. The zero-order valence-corrected chi connectivity index (χ0v) is 24.5. The van der Waals surface area contributed by atoms with Crippen LogP contribution in [0.1, 0.15) is 50.3 Å². The van der Waals surface area contributed by atoms with Gasteiger partial charge in [0.25, 0.3) is 11.5 Å². The van der Waals surface area contributed by atoms with Crippen molar-refractivity contribution in [2.75, 3.05) is 42.5 Å². The van der Waals surface area contributed by atoms with E-state index in [0.29, 0.717) is 59.6 Å². The quantitative estimate of drug-likeness (QED) is 0.323. The SMILES string of the molecule is CCCCn1c(N2CCN(c3ccc(F)cc3)CC2)c(C=C2SC(=S)N(CC(C)C)C2=O)c(C)c(C#N)c1=O. The van der Waals surface area contributed by atoms with Crippen molar-refractivity contribution in [1.82, 2.24) is 9.47 Å². The molecule has 0 N–H and O–H groups in total. The third kappa shape index (κ3) is 6.04. The molecule has 3 heterocycles. The summed E-state index contributed by atoms with van der Waals surface area (Å²) in [6, 6.07) is 8.59. The van der Waals surface area contributed by atoms with Crippen molar-refractivity contribution in [3.8, 4) is 6.07 Å². The van der Waals surface area contributed by atoms with E-state index in [4.69, 9.17) is 12.2 Å². The lowest BCUT2D eigenvalue weighted by atomic mass is 10.0. The van der Waals surface area contributed by atoms with E-state index in [1.165, 1.54) is 23.9 Å². The average Bonchev–Trinajstić information content (AvgIpc) is 3.17. The molecule has 206 valence electrons. The summed E-state index contributed by atoms with van der Waals surface area (Å²) in [5.74, 6) is 0.587. The Balaban J connectivity index is 1.78. The summed E-state index contributed by atoms with van der Waals surface area (Å²) in [5.41, 5.74) is 2.03. The van der Waals surface area contributed by atoms with Gasteiger partial charge in [0.15, 0.2) is 0 Å². The van der Waals surface area contributed by atoms with E-state index < -0.39 is 0 Å². The first-order valence-electron chi connectivity index (χ1n) is 13.3. The number of halogens is 1. The van der Waals surface area contributed by atoms with Gasteiger partial charge in [-0.25, -0.2) is 4.39 Å². The van der Waals surface area contributed by atoms with Crippen LogP contribution in [-0.2, 0) is 11.3 Å². The van der Waals surface area contributed by atoms with Gasteiger partial charge in [-0.15, -0.1) is 0 Å². The molecule has 2 saturated heterocycles. The van der Waals surface area contributed by atoms with Gasteiger partial charge in [0.1, 0.15) is 27.6 Å². The number of rotatable bonds is 8. The molecule has 10 heteroatoms. The molecular weight excluding hydrogens is 533 g/mol. The molecular formula is C29H34FN5O2S2. The summed E-state index contributed by atoms with van der Waals surface area (Å²) in [6.07, 6.45) is 3.49. The number of hydrogen-bond donors (Lipinski definition) is 0. The van der Waals surface area contributed by atoms with Gasteiger partial charge in [-0.05, 0) is 55.2 Å². The zero-order valence-electron chi connectivity index (χ0n) is 22.9. The predicted octanol–water partition coefficient (Wildman–Crippen LogP) is 5.15. The van der Waals surface area contributed by atoms with Crippen LogP contribution in [-0.4, -0.2) is 52.4 Å². The van der Waals surface area contributed by atoms with Gasteiger partial charge < -0.3 is 9.80 Å². The Morgan fingerprint density at radius 2 is 1.77 bits per heavy atom. The molecule has 0 radical (unpaired) electrons. The number of hydrogen-bond acceptors (Lipinski definition) is 7. The van der Waals surface area contributed by atoms with Crippen molar-refractivity contribution in [2.24, 2.45) is 5.92 Å². The second-order valence-electron chi connectivity index (χ2n) is 10.3. The molecule has 0 spiro atoms. The monoisotopic (exact) mass is 567 g/mol. The first-order valence-corrected chi connectivity index (χ1v) is 14.6. The van der Waals surface area contributed by atoms with Crippen molar-refractivity contribution in [3.63, 3.8) is 0 Å². The molecule has 0 saturated carbocycles. The van der Waals surface area contributed by atoms with Gasteiger partial charge in [-0.2, -0.15) is 5.26 Å². The van der Waals surface area contributed by atoms with Gasteiger partial charge in [0, 0.05) is 50.5 Å². The Morgan fingerprint density at radius 3 is 2.36 bits per heavy atom. The van der Waals surface area contributed by atoms with Crippen molar-refractivity contribution in [1.29, 1.82) is 5.26 Å². The molecule has 2 aliphatic rings. The number of nitriles is 1. The Morgan fingerprint density at radius 1 is 1.13 bits per heavy atom. The van der Waals surface area contributed by atoms with Crippen molar-refractivity contribution >= 4 is 51.8 Å². The van der Waals surface area contributed by atoms with E-state index in [0.717, 1.165) is 24.3 Å². The van der Waals surface area contributed by atoms with Crippen LogP contribution < -0.4 is 15.4 Å². The Labute approximate surface area is 238 Å². The van der Waals surface area contributed by atoms with Gasteiger partial charge in [-0.1, -0.05) is 51.2 Å². The predicted molar refractivity (Wildman–Crippen MR) is 161 cm³/mol. The number of thiocarbonyl (C=S) groups is 1. The number of amides is 1. The van der Waals surface area contributed by atoms with Crippen LogP contribution in [0.5, 0.6) is 0 Å². The highest BCUT2D eigenvalue weighted by Gasteiger charge is 2.34. The Bertz CT molecular complexity index is 1390. The van der Waals surface area contributed by atoms with Crippen molar-refractivity contribution in [3.05, 3.63) is 62.0 Å².